The molecule has 2 aromatic rings. The van der Waals surface area contributed by atoms with Gasteiger partial charge < -0.3 is 9.67 Å². The monoisotopic (exact) mass is 403 g/mol. The molecule has 1 aliphatic rings. The van der Waals surface area contributed by atoms with Crippen LogP contribution in [0.2, 0.25) is 0 Å². The first-order valence-electron chi connectivity index (χ1n) is 7.47. The van der Waals surface area contributed by atoms with Crippen molar-refractivity contribution in [1.29, 1.82) is 0 Å². The Morgan fingerprint density at radius 2 is 1.56 bits per heavy atom. The van der Waals surface area contributed by atoms with Gasteiger partial charge in [0.25, 0.3) is 5.92 Å². The molecule has 148 valence electrons. The number of benzene rings is 1. The molecule has 0 radical (unpaired) electrons. The average molecular weight is 403 g/mol. The van der Waals surface area contributed by atoms with Crippen LogP contribution in [0, 0.1) is 5.82 Å². The number of aliphatic hydroxyl groups excluding tert-OH is 1. The van der Waals surface area contributed by atoms with Gasteiger partial charge in [-0.25, -0.2) is 13.2 Å². The zero-order valence-electron chi connectivity index (χ0n) is 13.1. The zero-order chi connectivity index (χ0) is 20.4. The van der Waals surface area contributed by atoms with E-state index in [1.54, 1.807) is 0 Å². The topological polar surface area (TPSA) is 25.2 Å². The number of hydrogen-bond acceptors (Lipinski definition) is 1. The second-order valence-electron chi connectivity index (χ2n) is 6.08. The summed E-state index contributed by atoms with van der Waals surface area (Å²) in [6.07, 6.45) is -14.0. The lowest BCUT2D eigenvalue weighted by Crippen LogP contribution is -2.36. The predicted molar refractivity (Wildman–Crippen MR) is 74.4 cm³/mol. The van der Waals surface area contributed by atoms with E-state index in [0.29, 0.717) is 22.8 Å². The summed E-state index contributed by atoms with van der Waals surface area (Å²) in [6, 6.07) is 1.93. The fourth-order valence-corrected chi connectivity index (χ4v) is 3.07. The molecule has 1 aromatic carbocycles. The number of aliphatic hydroxyl groups is 1. The first-order chi connectivity index (χ1) is 12.2. The maximum Gasteiger partial charge on any atom is 0.419 e. The van der Waals surface area contributed by atoms with Crippen LogP contribution >= 0.6 is 0 Å². The number of rotatable bonds is 1. The second-order valence-corrected chi connectivity index (χ2v) is 6.08. The Labute approximate surface area is 145 Å². The van der Waals surface area contributed by atoms with Crippen molar-refractivity contribution in [3.63, 3.8) is 0 Å². The van der Waals surface area contributed by atoms with Gasteiger partial charge in [0.15, 0.2) is 6.10 Å². The van der Waals surface area contributed by atoms with Crippen LogP contribution < -0.4 is 0 Å². The molecule has 0 bridgehead atoms. The summed E-state index contributed by atoms with van der Waals surface area (Å²) < 4.78 is 120. The molecule has 0 saturated carbocycles. The summed E-state index contributed by atoms with van der Waals surface area (Å²) in [7, 11) is 0. The molecule has 1 atom stereocenters. The Balaban J connectivity index is 2.25. The average Bonchev–Trinajstić information content (AvgIpc) is 2.91. The van der Waals surface area contributed by atoms with Gasteiger partial charge in [-0.15, -0.1) is 0 Å². The van der Waals surface area contributed by atoms with Gasteiger partial charge in [0.2, 0.25) is 0 Å². The molecule has 1 N–H and O–H groups in total. The molecule has 0 amide bonds. The highest BCUT2D eigenvalue weighted by molar-refractivity contribution is 5.65. The molecule has 27 heavy (non-hydrogen) atoms. The number of alkyl halides is 8. The molecular formula is C16H10F9NO. The van der Waals surface area contributed by atoms with Gasteiger partial charge in [-0.3, -0.25) is 0 Å². The van der Waals surface area contributed by atoms with Crippen molar-refractivity contribution in [3.05, 3.63) is 46.9 Å². The minimum atomic E-state index is -5.13. The standard InChI is InChI=1S/C16H10F9NO/c17-10-2-1-7(5-8(10)15(20,21)22)11-6-9(16(23,24)25)12-13(27)14(18,19)3-4-26(11)12/h1-2,5-6,13,27H,3-4H2. The summed E-state index contributed by atoms with van der Waals surface area (Å²) in [4.78, 5) is 0. The number of fused-ring (bicyclic) bond motifs is 1. The summed E-state index contributed by atoms with van der Waals surface area (Å²) in [5.41, 5.74) is -5.34. The summed E-state index contributed by atoms with van der Waals surface area (Å²) in [6.45, 7) is -0.663. The number of halogens is 9. The van der Waals surface area contributed by atoms with E-state index in [1.807, 2.05) is 0 Å². The van der Waals surface area contributed by atoms with Crippen LogP contribution in [-0.4, -0.2) is 15.6 Å². The smallest absolute Gasteiger partial charge is 0.381 e. The van der Waals surface area contributed by atoms with Crippen LogP contribution in [0.15, 0.2) is 24.3 Å². The quantitative estimate of drug-likeness (QED) is 0.634. The van der Waals surface area contributed by atoms with Gasteiger partial charge >= 0.3 is 12.4 Å². The van der Waals surface area contributed by atoms with Gasteiger partial charge in [-0.1, -0.05) is 0 Å². The molecule has 3 rings (SSSR count). The molecule has 0 spiro atoms. The fraction of sp³-hybridized carbons (Fsp3) is 0.375. The van der Waals surface area contributed by atoms with Crippen molar-refractivity contribution in [1.82, 2.24) is 4.57 Å². The zero-order valence-corrected chi connectivity index (χ0v) is 13.1. The van der Waals surface area contributed by atoms with E-state index < -0.39 is 71.2 Å². The fourth-order valence-electron chi connectivity index (χ4n) is 3.07. The van der Waals surface area contributed by atoms with Crippen LogP contribution in [0.5, 0.6) is 0 Å². The van der Waals surface area contributed by atoms with Crippen LogP contribution in [0.25, 0.3) is 11.3 Å². The van der Waals surface area contributed by atoms with E-state index >= 15 is 0 Å². The highest BCUT2D eigenvalue weighted by Crippen LogP contribution is 2.48. The lowest BCUT2D eigenvalue weighted by molar-refractivity contribution is -0.152. The molecule has 2 heterocycles. The summed E-state index contributed by atoms with van der Waals surface area (Å²) >= 11 is 0. The Morgan fingerprint density at radius 3 is 2.11 bits per heavy atom. The third kappa shape index (κ3) is 3.28. The van der Waals surface area contributed by atoms with Crippen molar-refractivity contribution in [3.8, 4) is 11.3 Å². The maximum absolute atomic E-state index is 13.7. The lowest BCUT2D eigenvalue weighted by Gasteiger charge is -2.31. The first-order valence-corrected chi connectivity index (χ1v) is 7.47. The Kier molecular flexibility index (Phi) is 4.29. The highest BCUT2D eigenvalue weighted by atomic mass is 19.4. The maximum atomic E-state index is 13.7. The molecule has 0 aliphatic carbocycles. The SMILES string of the molecule is OC1c2c(C(F)(F)F)cc(-c3ccc(F)c(C(F)(F)F)c3)n2CCC1(F)F. The third-order valence-electron chi connectivity index (χ3n) is 4.34. The van der Waals surface area contributed by atoms with Gasteiger partial charge in [-0.2, -0.15) is 26.3 Å². The van der Waals surface area contributed by atoms with Crippen LogP contribution in [0.4, 0.5) is 39.5 Å². The van der Waals surface area contributed by atoms with Crippen molar-refractivity contribution >= 4 is 0 Å². The van der Waals surface area contributed by atoms with E-state index in [0.717, 1.165) is 6.07 Å². The molecule has 11 heteroatoms. The van der Waals surface area contributed by atoms with Gasteiger partial charge in [0.1, 0.15) is 5.82 Å². The van der Waals surface area contributed by atoms with Crippen molar-refractivity contribution < 1.29 is 44.6 Å². The van der Waals surface area contributed by atoms with Crippen molar-refractivity contribution in [2.24, 2.45) is 0 Å². The van der Waals surface area contributed by atoms with Crippen LogP contribution in [-0.2, 0) is 18.9 Å². The van der Waals surface area contributed by atoms with Crippen LogP contribution in [0.1, 0.15) is 29.3 Å². The van der Waals surface area contributed by atoms with Crippen molar-refractivity contribution in [2.75, 3.05) is 0 Å². The van der Waals surface area contributed by atoms with Gasteiger partial charge in [-0.05, 0) is 29.8 Å². The number of nitrogens with zero attached hydrogens (tertiary/aromatic N) is 1. The number of hydrogen-bond donors (Lipinski definition) is 1. The summed E-state index contributed by atoms with van der Waals surface area (Å²) in [5.74, 6) is -5.45. The molecular weight excluding hydrogens is 393 g/mol. The van der Waals surface area contributed by atoms with E-state index in [4.69, 9.17) is 0 Å². The molecule has 0 fully saturated rings. The molecule has 1 unspecified atom stereocenters. The van der Waals surface area contributed by atoms with Gasteiger partial charge in [0, 0.05) is 18.7 Å². The largest absolute Gasteiger partial charge is 0.419 e. The normalized spacial score (nSPS) is 19.9. The van der Waals surface area contributed by atoms with E-state index in [9.17, 15) is 44.6 Å². The molecule has 2 nitrogen and oxygen atoms in total. The predicted octanol–water partition coefficient (Wildman–Crippen LogP) is 5.40. The van der Waals surface area contributed by atoms with E-state index in [2.05, 4.69) is 0 Å². The minimum Gasteiger partial charge on any atom is -0.381 e. The Hall–Kier alpha value is -2.17. The highest BCUT2D eigenvalue weighted by Gasteiger charge is 2.50. The molecule has 1 aliphatic heterocycles. The van der Waals surface area contributed by atoms with Gasteiger partial charge in [0.05, 0.1) is 16.8 Å². The summed E-state index contributed by atoms with van der Waals surface area (Å²) in [5, 5.41) is 9.71. The number of aromatic nitrogens is 1. The molecule has 0 saturated heterocycles. The second kappa shape index (κ2) is 5.91. The minimum absolute atomic E-state index is 0.303. The lowest BCUT2D eigenvalue weighted by atomic mass is 9.99. The third-order valence-corrected chi connectivity index (χ3v) is 4.34. The Morgan fingerprint density at radius 1 is 0.963 bits per heavy atom. The first kappa shape index (κ1) is 19.6. The van der Waals surface area contributed by atoms with Crippen molar-refractivity contribution in [2.45, 2.75) is 37.3 Å². The van der Waals surface area contributed by atoms with E-state index in [1.165, 1.54) is 0 Å². The van der Waals surface area contributed by atoms with E-state index in [-0.39, 0.29) is 0 Å². The Bertz CT molecular complexity index is 879. The van der Waals surface area contributed by atoms with Crippen LogP contribution in [0.3, 0.4) is 0 Å². The molecule has 1 aromatic heterocycles.